The first-order valence-electron chi connectivity index (χ1n) is 9.88. The summed E-state index contributed by atoms with van der Waals surface area (Å²) in [6, 6.07) is 7.75. The Bertz CT molecular complexity index is 1020. The van der Waals surface area contributed by atoms with Gasteiger partial charge in [-0.2, -0.15) is 5.10 Å². The minimum atomic E-state index is -0.235. The fourth-order valence-corrected chi connectivity index (χ4v) is 3.51. The third-order valence-electron chi connectivity index (χ3n) is 5.20. The van der Waals surface area contributed by atoms with Gasteiger partial charge in [0.05, 0.1) is 29.7 Å². The van der Waals surface area contributed by atoms with Gasteiger partial charge in [-0.15, -0.1) is 0 Å². The van der Waals surface area contributed by atoms with Gasteiger partial charge in [0.1, 0.15) is 5.75 Å². The number of likely N-dealkylation sites (N-methyl/N-ethyl adjacent to an activating group) is 1. The number of aromatic nitrogens is 3. The SMILES string of the molecule is CCOc1cc(N2CCN(C)CC2)ccc1NC(=O)c1cn2nccc2nc1C. The number of carbonyl (C=O) groups excluding carboxylic acids is 1. The van der Waals surface area contributed by atoms with E-state index in [1.54, 1.807) is 23.0 Å². The number of anilines is 2. The molecule has 1 aromatic carbocycles. The summed E-state index contributed by atoms with van der Waals surface area (Å²) in [5.74, 6) is 0.434. The van der Waals surface area contributed by atoms with E-state index in [-0.39, 0.29) is 5.91 Å². The molecule has 1 aliphatic rings. The van der Waals surface area contributed by atoms with Gasteiger partial charge in [0, 0.05) is 50.2 Å². The van der Waals surface area contributed by atoms with Crippen molar-refractivity contribution in [1.29, 1.82) is 0 Å². The molecule has 0 bridgehead atoms. The van der Waals surface area contributed by atoms with Crippen LogP contribution in [0.1, 0.15) is 23.0 Å². The van der Waals surface area contributed by atoms with Crippen LogP contribution in [0.15, 0.2) is 36.7 Å². The van der Waals surface area contributed by atoms with Gasteiger partial charge in [-0.1, -0.05) is 0 Å². The van der Waals surface area contributed by atoms with Gasteiger partial charge in [-0.05, 0) is 33.0 Å². The number of aryl methyl sites for hydroxylation is 1. The summed E-state index contributed by atoms with van der Waals surface area (Å²) < 4.78 is 7.43. The van der Waals surface area contributed by atoms with Crippen molar-refractivity contribution in [1.82, 2.24) is 19.5 Å². The second-order valence-corrected chi connectivity index (χ2v) is 7.23. The van der Waals surface area contributed by atoms with Crippen LogP contribution in [0.3, 0.4) is 0 Å². The highest BCUT2D eigenvalue weighted by molar-refractivity contribution is 6.05. The van der Waals surface area contributed by atoms with Crippen LogP contribution >= 0.6 is 0 Å². The number of fused-ring (bicyclic) bond motifs is 1. The minimum Gasteiger partial charge on any atom is -0.492 e. The van der Waals surface area contributed by atoms with Crippen LogP contribution < -0.4 is 15.0 Å². The van der Waals surface area contributed by atoms with Crippen LogP contribution in [0.4, 0.5) is 11.4 Å². The van der Waals surface area contributed by atoms with Gasteiger partial charge in [0.25, 0.3) is 5.91 Å². The predicted octanol–water partition coefficient (Wildman–Crippen LogP) is 2.44. The van der Waals surface area contributed by atoms with Crippen LogP contribution in [0.2, 0.25) is 0 Å². The Hall–Kier alpha value is -3.13. The van der Waals surface area contributed by atoms with Crippen molar-refractivity contribution in [3.05, 3.63) is 47.9 Å². The summed E-state index contributed by atoms with van der Waals surface area (Å²) in [6.45, 7) is 8.30. The largest absolute Gasteiger partial charge is 0.492 e. The van der Waals surface area contributed by atoms with E-state index in [1.165, 1.54) is 0 Å². The summed E-state index contributed by atoms with van der Waals surface area (Å²) in [5, 5.41) is 7.14. The van der Waals surface area contributed by atoms with E-state index in [1.807, 2.05) is 32.0 Å². The third-order valence-corrected chi connectivity index (χ3v) is 5.20. The molecule has 1 aliphatic heterocycles. The van der Waals surface area contributed by atoms with E-state index in [9.17, 15) is 4.79 Å². The molecule has 0 atom stereocenters. The van der Waals surface area contributed by atoms with Crippen LogP contribution in [-0.2, 0) is 0 Å². The molecule has 3 heterocycles. The second-order valence-electron chi connectivity index (χ2n) is 7.23. The van der Waals surface area contributed by atoms with E-state index < -0.39 is 0 Å². The summed E-state index contributed by atoms with van der Waals surface area (Å²) in [7, 11) is 2.14. The Morgan fingerprint density at radius 3 is 2.76 bits per heavy atom. The van der Waals surface area contributed by atoms with Crippen molar-refractivity contribution in [2.75, 3.05) is 50.1 Å². The van der Waals surface area contributed by atoms with Gasteiger partial charge in [0.15, 0.2) is 5.65 Å². The van der Waals surface area contributed by atoms with Gasteiger partial charge in [0.2, 0.25) is 0 Å². The fourth-order valence-electron chi connectivity index (χ4n) is 3.51. The number of carbonyl (C=O) groups is 1. The van der Waals surface area contributed by atoms with Crippen molar-refractivity contribution in [3.63, 3.8) is 0 Å². The number of ether oxygens (including phenoxy) is 1. The van der Waals surface area contributed by atoms with Crippen molar-refractivity contribution < 1.29 is 9.53 Å². The maximum Gasteiger partial charge on any atom is 0.259 e. The maximum absolute atomic E-state index is 12.9. The van der Waals surface area contributed by atoms with Crippen LogP contribution in [0, 0.1) is 6.92 Å². The van der Waals surface area contributed by atoms with Gasteiger partial charge in [-0.3, -0.25) is 4.79 Å². The molecule has 2 aromatic heterocycles. The van der Waals surface area contributed by atoms with Crippen molar-refractivity contribution >= 4 is 22.9 Å². The quantitative estimate of drug-likeness (QED) is 0.716. The molecule has 0 saturated carbocycles. The van der Waals surface area contributed by atoms with Gasteiger partial charge >= 0.3 is 0 Å². The van der Waals surface area contributed by atoms with Crippen LogP contribution in [0.5, 0.6) is 5.75 Å². The normalized spacial score (nSPS) is 14.9. The second kappa shape index (κ2) is 8.08. The van der Waals surface area contributed by atoms with Gasteiger partial charge < -0.3 is 19.9 Å². The lowest BCUT2D eigenvalue weighted by atomic mass is 10.2. The zero-order valence-electron chi connectivity index (χ0n) is 17.1. The van der Waals surface area contributed by atoms with E-state index >= 15 is 0 Å². The topological polar surface area (TPSA) is 75.0 Å². The minimum absolute atomic E-state index is 0.235. The monoisotopic (exact) mass is 394 g/mol. The van der Waals surface area contributed by atoms with Crippen molar-refractivity contribution in [3.8, 4) is 5.75 Å². The molecule has 1 N–H and O–H groups in total. The van der Waals surface area contributed by atoms with E-state index in [4.69, 9.17) is 4.74 Å². The Kier molecular flexibility index (Phi) is 5.35. The molecule has 4 rings (SSSR count). The smallest absolute Gasteiger partial charge is 0.259 e. The summed E-state index contributed by atoms with van der Waals surface area (Å²) in [5.41, 5.74) is 3.60. The first-order valence-corrected chi connectivity index (χ1v) is 9.88. The molecule has 1 saturated heterocycles. The highest BCUT2D eigenvalue weighted by Crippen LogP contribution is 2.31. The van der Waals surface area contributed by atoms with E-state index in [0.717, 1.165) is 31.9 Å². The number of amides is 1. The Labute approximate surface area is 170 Å². The molecular weight excluding hydrogens is 368 g/mol. The summed E-state index contributed by atoms with van der Waals surface area (Å²) in [6.07, 6.45) is 3.36. The molecule has 0 aliphatic carbocycles. The average molecular weight is 394 g/mol. The molecule has 8 heteroatoms. The zero-order chi connectivity index (χ0) is 20.4. The predicted molar refractivity (Wildman–Crippen MR) is 113 cm³/mol. The maximum atomic E-state index is 12.9. The average Bonchev–Trinajstić information content (AvgIpc) is 3.16. The highest BCUT2D eigenvalue weighted by Gasteiger charge is 2.18. The number of rotatable bonds is 5. The third kappa shape index (κ3) is 4.02. The molecule has 1 amide bonds. The first-order chi connectivity index (χ1) is 14.0. The van der Waals surface area contributed by atoms with E-state index in [2.05, 4.69) is 32.2 Å². The van der Waals surface area contributed by atoms with Crippen LogP contribution in [-0.4, -0.2) is 65.2 Å². The Morgan fingerprint density at radius 1 is 1.21 bits per heavy atom. The summed E-state index contributed by atoms with van der Waals surface area (Å²) >= 11 is 0. The lowest BCUT2D eigenvalue weighted by Gasteiger charge is -2.34. The first kappa shape index (κ1) is 19.2. The molecule has 8 nitrogen and oxygen atoms in total. The molecular formula is C21H26N6O2. The van der Waals surface area contributed by atoms with Crippen molar-refractivity contribution in [2.45, 2.75) is 13.8 Å². The number of piperazine rings is 1. The zero-order valence-corrected chi connectivity index (χ0v) is 17.1. The molecule has 0 radical (unpaired) electrons. The summed E-state index contributed by atoms with van der Waals surface area (Å²) in [4.78, 5) is 22.0. The molecule has 0 spiro atoms. The molecule has 152 valence electrons. The molecule has 0 unspecified atom stereocenters. The Balaban J connectivity index is 1.58. The lowest BCUT2D eigenvalue weighted by molar-refractivity contribution is 0.102. The number of hydrogen-bond acceptors (Lipinski definition) is 6. The number of nitrogens with zero attached hydrogens (tertiary/aromatic N) is 5. The highest BCUT2D eigenvalue weighted by atomic mass is 16.5. The lowest BCUT2D eigenvalue weighted by Crippen LogP contribution is -2.44. The van der Waals surface area contributed by atoms with Crippen LogP contribution in [0.25, 0.3) is 5.65 Å². The fraction of sp³-hybridized carbons (Fsp3) is 0.381. The van der Waals surface area contributed by atoms with E-state index in [0.29, 0.717) is 34.9 Å². The standard InChI is InChI=1S/C21H26N6O2/c1-4-29-19-13-16(26-11-9-25(3)10-12-26)5-6-18(19)24-21(28)17-14-27-20(7-8-22-27)23-15(17)2/h5-8,13-14H,4,9-12H2,1-3H3,(H,24,28). The number of benzene rings is 1. The van der Waals surface area contributed by atoms with Crippen molar-refractivity contribution in [2.24, 2.45) is 0 Å². The van der Waals surface area contributed by atoms with Gasteiger partial charge in [-0.25, -0.2) is 9.50 Å². The number of hydrogen-bond donors (Lipinski definition) is 1. The molecule has 1 fully saturated rings. The molecule has 29 heavy (non-hydrogen) atoms. The Morgan fingerprint density at radius 2 is 2.00 bits per heavy atom. The number of nitrogens with one attached hydrogen (secondary N) is 1. The molecule has 3 aromatic rings.